The fourth-order valence-corrected chi connectivity index (χ4v) is 0. The lowest BCUT2D eigenvalue weighted by Gasteiger charge is -1.68. The van der Waals surface area contributed by atoms with E-state index in [0.29, 0.717) is 0 Å². The molecule has 0 aromatic carbocycles. The highest BCUT2D eigenvalue weighted by atomic mass is 127. The number of halogens is 2. The van der Waals surface area contributed by atoms with Crippen LogP contribution in [0.5, 0.6) is 0 Å². The molecule has 0 saturated carbocycles. The molecule has 0 N–H and O–H groups in total. The van der Waals surface area contributed by atoms with E-state index in [1.54, 1.807) is 21.2 Å². The number of alkyl halides is 1. The number of hydrogen-bond donors (Lipinski definition) is 1. The third kappa shape index (κ3) is 4.72. The minimum atomic E-state index is -1.29. The minimum absolute atomic E-state index is 0.587. The van der Waals surface area contributed by atoms with Crippen molar-refractivity contribution in [2.75, 3.05) is 6.01 Å². The number of nitrogens with zero attached hydrogens (tertiary/aromatic N) is 1. The summed E-state index contributed by atoms with van der Waals surface area (Å²) >= 11 is 1.65. The summed E-state index contributed by atoms with van der Waals surface area (Å²) in [4.78, 5) is 0. The molecule has 0 fully saturated rings. The van der Waals surface area contributed by atoms with Gasteiger partial charge in [-0.1, -0.05) is 0 Å². The lowest BCUT2D eigenvalue weighted by atomic mass is 11.8. The third-order valence-corrected chi connectivity index (χ3v) is 1.07. The van der Waals surface area contributed by atoms with Crippen LogP contribution < -0.4 is 0 Å². The Kier molecular flexibility index (Phi) is 3.35. The fraction of sp³-hybridized carbons (Fsp3) is 1.00. The quantitative estimate of drug-likeness (QED) is 0.474. The molecule has 0 aliphatic heterocycles. The van der Waals surface area contributed by atoms with Gasteiger partial charge in [-0.05, 0) is 0 Å². The van der Waals surface area contributed by atoms with E-state index in [1.807, 2.05) is 0 Å². The maximum atomic E-state index is 10.9. The zero-order valence-electron chi connectivity index (χ0n) is 2.36. The smallest absolute Gasteiger partial charge is 0.155 e. The fourth-order valence-electron chi connectivity index (χ4n) is 0. The molecule has 0 bridgehead atoms. The van der Waals surface area contributed by atoms with Crippen molar-refractivity contribution >= 4 is 28.9 Å². The van der Waals surface area contributed by atoms with E-state index in [1.165, 1.54) is 0 Å². The Labute approximate surface area is 44.1 Å². The van der Waals surface area contributed by atoms with Gasteiger partial charge < -0.3 is 0 Å². The highest BCUT2D eigenvalue weighted by Crippen LogP contribution is 2.16. The average Bonchev–Trinajstić information content (AvgIpc) is 1.38. The van der Waals surface area contributed by atoms with Crippen LogP contribution in [0.1, 0.15) is 0 Å². The highest BCUT2D eigenvalue weighted by Gasteiger charge is 1.72. The average molecular weight is 207 g/mol. The van der Waals surface area contributed by atoms with E-state index in [-0.39, 0.29) is 0 Å². The van der Waals surface area contributed by atoms with Gasteiger partial charge in [-0.15, -0.1) is 0 Å². The molecule has 0 saturated heterocycles. The third-order valence-electron chi connectivity index (χ3n) is 0.0986. The predicted molar refractivity (Wildman–Crippen MR) is 30.7 cm³/mol. The van der Waals surface area contributed by atoms with Gasteiger partial charge in [0.15, 0.2) is 6.01 Å². The Morgan fingerprint density at radius 3 is 2.20 bits per heavy atom. The molecule has 0 aromatic heterocycles. The monoisotopic (exact) mass is 207 g/mol. The van der Waals surface area contributed by atoms with Gasteiger partial charge in [0.05, 0.1) is 0 Å². The lowest BCUT2D eigenvalue weighted by Crippen LogP contribution is -1.44. The molecule has 0 aliphatic rings. The van der Waals surface area contributed by atoms with Gasteiger partial charge in [-0.3, -0.25) is 0 Å². The largest absolute Gasteiger partial charge is 0.237 e. The van der Waals surface area contributed by atoms with Gasteiger partial charge in [0.1, 0.15) is 0 Å². The van der Waals surface area contributed by atoms with Crippen LogP contribution >= 0.6 is 28.9 Å². The summed E-state index contributed by atoms with van der Waals surface area (Å²) in [5.41, 5.74) is 0. The van der Waals surface area contributed by atoms with Crippen LogP contribution in [0.2, 0.25) is 0 Å². The van der Waals surface area contributed by atoms with Crippen molar-refractivity contribution in [3.63, 3.8) is 0 Å². The second-order valence-corrected chi connectivity index (χ2v) is 4.71. The van der Waals surface area contributed by atoms with Gasteiger partial charge in [0.25, 0.3) is 0 Å². The first-order valence-corrected chi connectivity index (χ1v) is 5.22. The minimum Gasteiger partial charge on any atom is -0.237 e. The normalized spacial score (nSPS) is 14.6. The van der Waals surface area contributed by atoms with Gasteiger partial charge >= 0.3 is 0 Å². The first-order chi connectivity index (χ1) is 2.27. The van der Waals surface area contributed by atoms with Crippen molar-refractivity contribution in [2.24, 2.45) is 0 Å². The van der Waals surface area contributed by atoms with Crippen molar-refractivity contribution in [1.82, 2.24) is 0 Å². The van der Waals surface area contributed by atoms with Crippen molar-refractivity contribution < 1.29 is 4.39 Å². The molecule has 0 radical (unpaired) electrons. The topological polar surface area (TPSA) is 23.8 Å². The predicted octanol–water partition coefficient (Wildman–Crippen LogP) is 1.74. The molecule has 0 aromatic rings. The van der Waals surface area contributed by atoms with Crippen molar-refractivity contribution in [3.8, 4) is 0 Å². The molecular weight excluding hydrogens is 204 g/mol. The number of hydrogen-bond acceptors (Lipinski definition) is 1. The van der Waals surface area contributed by atoms with Crippen molar-refractivity contribution in [3.05, 3.63) is 0 Å². The van der Waals surface area contributed by atoms with Crippen molar-refractivity contribution in [2.45, 2.75) is 0 Å². The summed E-state index contributed by atoms with van der Waals surface area (Å²) in [5, 5.41) is 0. The van der Waals surface area contributed by atoms with E-state index in [4.69, 9.17) is 4.61 Å². The molecule has 1 atom stereocenters. The number of thiol groups is 1. The zero-order chi connectivity index (χ0) is 4.28. The van der Waals surface area contributed by atoms with Gasteiger partial charge in [-0.2, -0.15) is 0 Å². The molecule has 4 heteroatoms. The SMILES string of the molecule is N#[SH](I)CF. The van der Waals surface area contributed by atoms with E-state index in [0.717, 1.165) is 0 Å². The molecule has 1 unspecified atom stereocenters. The first kappa shape index (κ1) is 5.72. The van der Waals surface area contributed by atoms with Crippen LogP contribution in [0.3, 0.4) is 0 Å². The van der Waals surface area contributed by atoms with Crippen LogP contribution in [-0.2, 0) is 0 Å². The molecule has 5 heavy (non-hydrogen) atoms. The Morgan fingerprint density at radius 2 is 2.20 bits per heavy atom. The number of rotatable bonds is 0. The molecule has 0 aliphatic carbocycles. The Bertz CT molecular complexity index is 73.5. The second kappa shape index (κ2) is 2.93. The van der Waals surface area contributed by atoms with Gasteiger partial charge in [-0.25, -0.2) is 9.00 Å². The van der Waals surface area contributed by atoms with Crippen LogP contribution in [0.15, 0.2) is 0 Å². The highest BCUT2D eigenvalue weighted by molar-refractivity contribution is 14.2. The molecule has 0 spiro atoms. The molecular formula is CH3FINS. The van der Waals surface area contributed by atoms with Crippen LogP contribution in [0, 0.1) is 4.61 Å². The molecule has 0 amide bonds. The van der Waals surface area contributed by atoms with Crippen LogP contribution in [0.4, 0.5) is 4.39 Å². The Balaban J connectivity index is 2.97. The van der Waals surface area contributed by atoms with E-state index in [2.05, 4.69) is 0 Å². The van der Waals surface area contributed by atoms with Crippen LogP contribution in [-0.4, -0.2) is 6.01 Å². The summed E-state index contributed by atoms with van der Waals surface area (Å²) in [5.74, 6) is 0. The summed E-state index contributed by atoms with van der Waals surface area (Å²) in [7, 11) is -1.29. The van der Waals surface area contributed by atoms with E-state index in [9.17, 15) is 4.39 Å². The summed E-state index contributed by atoms with van der Waals surface area (Å²) in [6, 6.07) is -0.587. The molecule has 0 rings (SSSR count). The maximum absolute atomic E-state index is 10.9. The first-order valence-electron chi connectivity index (χ1n) is 0.953. The summed E-state index contributed by atoms with van der Waals surface area (Å²) in [6.45, 7) is 0. The summed E-state index contributed by atoms with van der Waals surface area (Å²) < 4.78 is 18.9. The second-order valence-electron chi connectivity index (χ2n) is 0.456. The molecule has 0 heterocycles. The van der Waals surface area contributed by atoms with Crippen LogP contribution in [0.25, 0.3) is 0 Å². The summed E-state index contributed by atoms with van der Waals surface area (Å²) in [6.07, 6.45) is 0. The molecule has 32 valence electrons. The van der Waals surface area contributed by atoms with Gasteiger partial charge in [0, 0.05) is 28.9 Å². The Hall–Kier alpha value is 0.720. The molecule has 1 nitrogen and oxygen atoms in total. The standard InChI is InChI=1S/CH3FINS/c2-1-5(3)4/h5H,1H2. The zero-order valence-corrected chi connectivity index (χ0v) is 5.41. The Morgan fingerprint density at radius 1 is 2.00 bits per heavy atom. The maximum Gasteiger partial charge on any atom is 0.155 e. The van der Waals surface area contributed by atoms with Gasteiger partial charge in [0.2, 0.25) is 0 Å². The van der Waals surface area contributed by atoms with Crippen molar-refractivity contribution in [1.29, 1.82) is 4.61 Å². The van der Waals surface area contributed by atoms with E-state index < -0.39 is 13.7 Å². The lowest BCUT2D eigenvalue weighted by molar-refractivity contribution is 0.607. The van der Waals surface area contributed by atoms with E-state index >= 15 is 0 Å².